The maximum absolute atomic E-state index is 4.50. The van der Waals surface area contributed by atoms with Crippen LogP contribution in [-0.2, 0) is 0 Å². The molecule has 0 saturated carbocycles. The molecule has 0 aromatic carbocycles. The largest absolute Gasteiger partial charge is 0.313 e. The second kappa shape index (κ2) is 6.76. The second-order valence-corrected chi connectivity index (χ2v) is 7.56. The van der Waals surface area contributed by atoms with Crippen molar-refractivity contribution < 1.29 is 0 Å². The highest BCUT2D eigenvalue weighted by molar-refractivity contribution is 8.01. The number of thioether (sulfide) groups is 1. The molecule has 0 aliphatic carbocycles. The Bertz CT molecular complexity index is 328. The average molecular weight is 272 g/mol. The van der Waals surface area contributed by atoms with Gasteiger partial charge in [0.2, 0.25) is 0 Å². The molecule has 2 nitrogen and oxygen atoms in total. The van der Waals surface area contributed by atoms with Gasteiger partial charge in [-0.3, -0.25) is 0 Å². The van der Waals surface area contributed by atoms with Gasteiger partial charge in [-0.05, 0) is 25.3 Å². The van der Waals surface area contributed by atoms with Gasteiger partial charge in [0.25, 0.3) is 0 Å². The van der Waals surface area contributed by atoms with Gasteiger partial charge in [-0.1, -0.05) is 39.5 Å². The Labute approximate surface area is 114 Å². The van der Waals surface area contributed by atoms with Crippen LogP contribution in [0.2, 0.25) is 0 Å². The molecule has 1 unspecified atom stereocenters. The molecule has 1 atom stereocenters. The number of hydrogen-bond acceptors (Lipinski definition) is 4. The molecule has 1 rings (SSSR count). The third-order valence-electron chi connectivity index (χ3n) is 2.66. The summed E-state index contributed by atoms with van der Waals surface area (Å²) in [5, 5.41) is 5.76. The molecule has 0 bridgehead atoms. The van der Waals surface area contributed by atoms with E-state index in [4.69, 9.17) is 0 Å². The minimum Gasteiger partial charge on any atom is -0.313 e. The fourth-order valence-electron chi connectivity index (χ4n) is 1.49. The summed E-state index contributed by atoms with van der Waals surface area (Å²) in [7, 11) is 0. The Kier molecular flexibility index (Phi) is 5.97. The minimum atomic E-state index is 0.300. The van der Waals surface area contributed by atoms with Crippen LogP contribution in [0.3, 0.4) is 0 Å². The van der Waals surface area contributed by atoms with E-state index in [2.05, 4.69) is 50.3 Å². The SMILES string of the molecule is CCCNC(CSc1nc(C)cs1)C(C)(C)C. The van der Waals surface area contributed by atoms with Crippen LogP contribution >= 0.6 is 23.1 Å². The summed E-state index contributed by atoms with van der Waals surface area (Å²) in [6.07, 6.45) is 1.19. The van der Waals surface area contributed by atoms with Crippen molar-refractivity contribution in [2.75, 3.05) is 12.3 Å². The van der Waals surface area contributed by atoms with Crippen molar-refractivity contribution >= 4 is 23.1 Å². The Morgan fingerprint density at radius 1 is 1.47 bits per heavy atom. The van der Waals surface area contributed by atoms with Crippen LogP contribution < -0.4 is 5.32 Å². The van der Waals surface area contributed by atoms with Crippen molar-refractivity contribution in [1.82, 2.24) is 10.3 Å². The zero-order valence-corrected chi connectivity index (χ0v) is 13.2. The summed E-state index contributed by atoms with van der Waals surface area (Å²) < 4.78 is 1.19. The molecule has 0 saturated heterocycles. The maximum atomic E-state index is 4.50. The summed E-state index contributed by atoms with van der Waals surface area (Å²) in [5.41, 5.74) is 1.43. The first-order chi connectivity index (χ1) is 7.93. The predicted octanol–water partition coefficient (Wildman–Crippen LogP) is 3.96. The third kappa shape index (κ3) is 5.40. The number of hydrogen-bond donors (Lipinski definition) is 1. The molecule has 0 radical (unpaired) electrons. The number of aryl methyl sites for hydroxylation is 1. The highest BCUT2D eigenvalue weighted by atomic mass is 32.2. The van der Waals surface area contributed by atoms with Crippen LogP contribution in [0, 0.1) is 12.3 Å². The first-order valence-electron chi connectivity index (χ1n) is 6.21. The van der Waals surface area contributed by atoms with Crippen molar-refractivity contribution in [2.45, 2.75) is 51.4 Å². The zero-order valence-electron chi connectivity index (χ0n) is 11.5. The predicted molar refractivity (Wildman–Crippen MR) is 79.1 cm³/mol. The summed E-state index contributed by atoms with van der Waals surface area (Å²) in [5.74, 6) is 1.09. The van der Waals surface area contributed by atoms with Crippen molar-refractivity contribution in [3.05, 3.63) is 11.1 Å². The van der Waals surface area contributed by atoms with E-state index in [0.29, 0.717) is 11.5 Å². The van der Waals surface area contributed by atoms with E-state index in [9.17, 15) is 0 Å². The lowest BCUT2D eigenvalue weighted by Gasteiger charge is -2.31. The first kappa shape index (κ1) is 15.0. The van der Waals surface area contributed by atoms with E-state index in [1.165, 1.54) is 10.8 Å². The lowest BCUT2D eigenvalue weighted by atomic mass is 9.88. The van der Waals surface area contributed by atoms with Gasteiger partial charge in [0, 0.05) is 22.9 Å². The molecule has 4 heteroatoms. The van der Waals surface area contributed by atoms with Crippen LogP contribution in [-0.4, -0.2) is 23.3 Å². The molecule has 0 aliphatic rings. The molecule has 98 valence electrons. The maximum Gasteiger partial charge on any atom is 0.150 e. The van der Waals surface area contributed by atoms with E-state index >= 15 is 0 Å². The number of thiazole rings is 1. The van der Waals surface area contributed by atoms with Gasteiger partial charge < -0.3 is 5.32 Å². The molecule has 0 aliphatic heterocycles. The lowest BCUT2D eigenvalue weighted by Crippen LogP contribution is -2.42. The molecule has 1 aromatic heterocycles. The summed E-state index contributed by atoms with van der Waals surface area (Å²) in [4.78, 5) is 4.50. The standard InChI is InChI=1S/C13H24N2S2/c1-6-7-14-11(13(3,4)5)9-17-12-15-10(2)8-16-12/h8,11,14H,6-7,9H2,1-5H3. The van der Waals surface area contributed by atoms with Gasteiger partial charge in [-0.25, -0.2) is 4.98 Å². The lowest BCUT2D eigenvalue weighted by molar-refractivity contribution is 0.292. The molecule has 0 fully saturated rings. The Hall–Kier alpha value is -0.0600. The van der Waals surface area contributed by atoms with Gasteiger partial charge >= 0.3 is 0 Å². The molecule has 1 heterocycles. The molecular formula is C13H24N2S2. The van der Waals surface area contributed by atoms with Crippen molar-refractivity contribution in [1.29, 1.82) is 0 Å². The third-order valence-corrected chi connectivity index (χ3v) is 4.89. The number of nitrogens with one attached hydrogen (secondary N) is 1. The van der Waals surface area contributed by atoms with Crippen LogP contribution in [0.5, 0.6) is 0 Å². The van der Waals surface area contributed by atoms with Gasteiger partial charge in [0.05, 0.1) is 0 Å². The molecular weight excluding hydrogens is 248 g/mol. The number of nitrogens with zero attached hydrogens (tertiary/aromatic N) is 1. The molecule has 17 heavy (non-hydrogen) atoms. The Balaban J connectivity index is 2.49. The van der Waals surface area contributed by atoms with Crippen molar-refractivity contribution in [3.63, 3.8) is 0 Å². The fourth-order valence-corrected chi connectivity index (χ4v) is 3.76. The Morgan fingerprint density at radius 3 is 2.65 bits per heavy atom. The van der Waals surface area contributed by atoms with Crippen molar-refractivity contribution in [2.24, 2.45) is 5.41 Å². The van der Waals surface area contributed by atoms with Crippen LogP contribution in [0.25, 0.3) is 0 Å². The average Bonchev–Trinajstić information content (AvgIpc) is 2.62. The van der Waals surface area contributed by atoms with Crippen molar-refractivity contribution in [3.8, 4) is 0 Å². The summed E-state index contributed by atoms with van der Waals surface area (Å²) in [6.45, 7) is 12.3. The smallest absolute Gasteiger partial charge is 0.150 e. The summed E-state index contributed by atoms with van der Waals surface area (Å²) >= 11 is 3.62. The molecule has 1 aromatic rings. The number of rotatable bonds is 6. The molecule has 0 spiro atoms. The van der Waals surface area contributed by atoms with Crippen LogP contribution in [0.1, 0.15) is 39.8 Å². The van der Waals surface area contributed by atoms with Gasteiger partial charge in [-0.2, -0.15) is 0 Å². The van der Waals surface area contributed by atoms with E-state index in [0.717, 1.165) is 18.0 Å². The fraction of sp³-hybridized carbons (Fsp3) is 0.769. The topological polar surface area (TPSA) is 24.9 Å². The monoisotopic (exact) mass is 272 g/mol. The summed E-state index contributed by atoms with van der Waals surface area (Å²) in [6, 6.07) is 0.539. The highest BCUT2D eigenvalue weighted by Crippen LogP contribution is 2.28. The molecule has 0 amide bonds. The number of aromatic nitrogens is 1. The quantitative estimate of drug-likeness (QED) is 0.794. The minimum absolute atomic E-state index is 0.300. The van der Waals surface area contributed by atoms with E-state index in [1.54, 1.807) is 11.3 Å². The van der Waals surface area contributed by atoms with E-state index < -0.39 is 0 Å². The normalized spacial score (nSPS) is 13.9. The first-order valence-corrected chi connectivity index (χ1v) is 8.08. The zero-order chi connectivity index (χ0) is 12.9. The van der Waals surface area contributed by atoms with Gasteiger partial charge in [0.1, 0.15) is 4.34 Å². The Morgan fingerprint density at radius 2 is 2.18 bits per heavy atom. The molecule has 1 N–H and O–H groups in total. The van der Waals surface area contributed by atoms with Gasteiger partial charge in [0.15, 0.2) is 0 Å². The second-order valence-electron chi connectivity index (χ2n) is 5.44. The van der Waals surface area contributed by atoms with Crippen LogP contribution in [0.15, 0.2) is 9.72 Å². The van der Waals surface area contributed by atoms with E-state index in [-0.39, 0.29) is 0 Å². The van der Waals surface area contributed by atoms with E-state index in [1.807, 2.05) is 11.8 Å². The van der Waals surface area contributed by atoms with Crippen LogP contribution in [0.4, 0.5) is 0 Å². The van der Waals surface area contributed by atoms with Gasteiger partial charge in [-0.15, -0.1) is 11.3 Å². The highest BCUT2D eigenvalue weighted by Gasteiger charge is 2.24.